The van der Waals surface area contributed by atoms with Gasteiger partial charge in [0.05, 0.1) is 0 Å². The lowest BCUT2D eigenvalue weighted by molar-refractivity contribution is -0.124. The molecule has 0 saturated carbocycles. The van der Waals surface area contributed by atoms with E-state index < -0.39 is 15.6 Å². The summed E-state index contributed by atoms with van der Waals surface area (Å²) < 4.78 is 3.94. The van der Waals surface area contributed by atoms with E-state index in [1.54, 1.807) is 0 Å². The largest absolute Gasteiger partial charge is 0.338 e. The second-order valence-electron chi connectivity index (χ2n) is 4.02. The second kappa shape index (κ2) is 5.30. The molecule has 1 amide bonds. The van der Waals surface area contributed by atoms with Crippen molar-refractivity contribution >= 4 is 40.7 Å². The average Bonchev–Trinajstić information content (AvgIpc) is 2.43. The van der Waals surface area contributed by atoms with Gasteiger partial charge in [0.1, 0.15) is 5.72 Å². The van der Waals surface area contributed by atoms with Crippen LogP contribution in [0.5, 0.6) is 0 Å². The number of carbonyl (C=O) groups is 1. The van der Waals surface area contributed by atoms with Crippen molar-refractivity contribution in [1.29, 1.82) is 0 Å². The normalized spacial score (nSPS) is 24.6. The molecule has 6 heteroatoms. The number of rotatable bonds is 4. The van der Waals surface area contributed by atoms with Gasteiger partial charge >= 0.3 is 0 Å². The lowest BCUT2D eigenvalue weighted by atomic mass is 10.0. The van der Waals surface area contributed by atoms with E-state index in [1.807, 2.05) is 13.8 Å². The monoisotopic (exact) mass is 287 g/mol. The molecular formula is C10H16Cl3NO2. The highest BCUT2D eigenvalue weighted by Gasteiger charge is 2.52. The summed E-state index contributed by atoms with van der Waals surface area (Å²) in [5, 5.41) is 2.81. The molecule has 1 rings (SSSR count). The molecule has 1 fully saturated rings. The molecule has 0 aromatic heterocycles. The Morgan fingerprint density at radius 3 is 2.12 bits per heavy atom. The minimum Gasteiger partial charge on any atom is -0.338 e. The molecular weight excluding hydrogens is 272 g/mol. The topological polar surface area (TPSA) is 38.3 Å². The standard InChI is InChI=1S/C10H16Cl3NO2/c1-3-5-9(6-4-2)14-8(15)7(16-9)10(11,12)13/h7H,3-6H2,1-2H3,(H,14,15)/t7-/m1/s1. The summed E-state index contributed by atoms with van der Waals surface area (Å²) in [6.07, 6.45) is 2.23. The third-order valence-corrected chi connectivity index (χ3v) is 3.13. The molecule has 0 radical (unpaired) electrons. The maximum atomic E-state index is 11.7. The third kappa shape index (κ3) is 3.16. The Hall–Kier alpha value is 0.300. The smallest absolute Gasteiger partial charge is 0.255 e. The van der Waals surface area contributed by atoms with Gasteiger partial charge in [-0.25, -0.2) is 0 Å². The lowest BCUT2D eigenvalue weighted by Crippen LogP contribution is -2.42. The fourth-order valence-corrected chi connectivity index (χ4v) is 2.42. The molecule has 1 N–H and O–H groups in total. The van der Waals surface area contributed by atoms with Gasteiger partial charge in [0.2, 0.25) is 3.79 Å². The van der Waals surface area contributed by atoms with E-state index in [1.165, 1.54) is 0 Å². The minimum absolute atomic E-state index is 0.345. The average molecular weight is 289 g/mol. The number of alkyl halides is 3. The van der Waals surface area contributed by atoms with E-state index >= 15 is 0 Å². The molecule has 1 heterocycles. The predicted molar refractivity (Wildman–Crippen MR) is 65.9 cm³/mol. The number of halogens is 3. The molecule has 0 aromatic rings. The van der Waals surface area contributed by atoms with Gasteiger partial charge < -0.3 is 10.1 Å². The zero-order chi connectivity index (χ0) is 12.4. The molecule has 1 aliphatic heterocycles. The van der Waals surface area contributed by atoms with Crippen LogP contribution in [0.4, 0.5) is 0 Å². The Kier molecular flexibility index (Phi) is 4.76. The first-order valence-electron chi connectivity index (χ1n) is 5.41. The maximum absolute atomic E-state index is 11.7. The first kappa shape index (κ1) is 14.4. The van der Waals surface area contributed by atoms with Gasteiger partial charge in [-0.05, 0) is 12.8 Å². The first-order chi connectivity index (χ1) is 7.34. The molecule has 0 spiro atoms. The number of hydrogen-bond acceptors (Lipinski definition) is 2. The Morgan fingerprint density at radius 1 is 1.31 bits per heavy atom. The van der Waals surface area contributed by atoms with Crippen LogP contribution in [0, 0.1) is 0 Å². The SMILES string of the molecule is CCCC1(CCC)NC(=O)[C@H](C(Cl)(Cl)Cl)O1. The van der Waals surface area contributed by atoms with Crippen LogP contribution in [0.15, 0.2) is 0 Å². The van der Waals surface area contributed by atoms with Gasteiger partial charge in [-0.2, -0.15) is 0 Å². The highest BCUT2D eigenvalue weighted by atomic mass is 35.6. The molecule has 1 aliphatic rings. The van der Waals surface area contributed by atoms with E-state index in [9.17, 15) is 4.79 Å². The van der Waals surface area contributed by atoms with Crippen molar-refractivity contribution in [3.63, 3.8) is 0 Å². The lowest BCUT2D eigenvalue weighted by Gasteiger charge is -2.29. The van der Waals surface area contributed by atoms with Gasteiger partial charge in [0, 0.05) is 0 Å². The van der Waals surface area contributed by atoms with Crippen LogP contribution < -0.4 is 5.32 Å². The summed E-state index contributed by atoms with van der Waals surface area (Å²) in [5.74, 6) is -0.345. The molecule has 3 nitrogen and oxygen atoms in total. The van der Waals surface area contributed by atoms with Gasteiger partial charge in [0.15, 0.2) is 6.10 Å². The highest BCUT2D eigenvalue weighted by Crippen LogP contribution is 2.39. The summed E-state index contributed by atoms with van der Waals surface area (Å²) >= 11 is 17.1. The van der Waals surface area contributed by atoms with Crippen molar-refractivity contribution in [2.75, 3.05) is 0 Å². The fourth-order valence-electron chi connectivity index (χ4n) is 1.99. The van der Waals surface area contributed by atoms with E-state index in [0.29, 0.717) is 0 Å². The molecule has 0 aliphatic carbocycles. The van der Waals surface area contributed by atoms with Crippen molar-refractivity contribution in [2.45, 2.75) is 55.2 Å². The Balaban J connectivity index is 2.82. The second-order valence-corrected chi connectivity index (χ2v) is 6.39. The van der Waals surface area contributed by atoms with E-state index in [-0.39, 0.29) is 5.91 Å². The summed E-state index contributed by atoms with van der Waals surface area (Å²) in [5.41, 5.74) is -0.658. The zero-order valence-corrected chi connectivity index (χ0v) is 11.6. The zero-order valence-electron chi connectivity index (χ0n) is 9.36. The number of amides is 1. The molecule has 94 valence electrons. The third-order valence-electron chi connectivity index (χ3n) is 2.54. The summed E-state index contributed by atoms with van der Waals surface area (Å²) in [6.45, 7) is 4.05. The van der Waals surface area contributed by atoms with Gasteiger partial charge in [-0.1, -0.05) is 61.5 Å². The summed E-state index contributed by atoms with van der Waals surface area (Å²) in [7, 11) is 0. The van der Waals surface area contributed by atoms with Crippen molar-refractivity contribution in [3.8, 4) is 0 Å². The van der Waals surface area contributed by atoms with Crippen LogP contribution in [0.3, 0.4) is 0 Å². The Bertz CT molecular complexity index is 259. The van der Waals surface area contributed by atoms with Crippen LogP contribution in [0.25, 0.3) is 0 Å². The van der Waals surface area contributed by atoms with Crippen LogP contribution in [0.2, 0.25) is 0 Å². The quantitative estimate of drug-likeness (QED) is 0.807. The molecule has 1 atom stereocenters. The Labute approximate surface area is 111 Å². The molecule has 1 saturated heterocycles. The molecule has 16 heavy (non-hydrogen) atoms. The van der Waals surface area contributed by atoms with Crippen LogP contribution in [-0.2, 0) is 9.53 Å². The summed E-state index contributed by atoms with van der Waals surface area (Å²) in [4.78, 5) is 11.7. The van der Waals surface area contributed by atoms with Gasteiger partial charge in [0.25, 0.3) is 5.91 Å². The highest BCUT2D eigenvalue weighted by molar-refractivity contribution is 6.68. The minimum atomic E-state index is -1.71. The molecule has 0 unspecified atom stereocenters. The van der Waals surface area contributed by atoms with E-state index in [2.05, 4.69) is 5.32 Å². The van der Waals surface area contributed by atoms with Crippen LogP contribution >= 0.6 is 34.8 Å². The Morgan fingerprint density at radius 2 is 1.81 bits per heavy atom. The van der Waals surface area contributed by atoms with Crippen molar-refractivity contribution in [1.82, 2.24) is 5.32 Å². The summed E-state index contributed by atoms with van der Waals surface area (Å²) in [6, 6.07) is 0. The predicted octanol–water partition coefficient (Wildman–Crippen LogP) is 3.17. The van der Waals surface area contributed by atoms with Gasteiger partial charge in [-0.15, -0.1) is 0 Å². The molecule has 0 aromatic carbocycles. The molecule has 0 bridgehead atoms. The van der Waals surface area contributed by atoms with E-state index in [4.69, 9.17) is 39.5 Å². The number of ether oxygens (including phenoxy) is 1. The van der Waals surface area contributed by atoms with E-state index in [0.717, 1.165) is 25.7 Å². The number of hydrogen-bond donors (Lipinski definition) is 1. The van der Waals surface area contributed by atoms with Crippen LogP contribution in [0.1, 0.15) is 39.5 Å². The fraction of sp³-hybridized carbons (Fsp3) is 0.900. The van der Waals surface area contributed by atoms with Gasteiger partial charge in [-0.3, -0.25) is 4.79 Å². The number of carbonyl (C=O) groups excluding carboxylic acids is 1. The number of nitrogens with one attached hydrogen (secondary N) is 1. The van der Waals surface area contributed by atoms with Crippen molar-refractivity contribution in [2.24, 2.45) is 0 Å². The van der Waals surface area contributed by atoms with Crippen molar-refractivity contribution < 1.29 is 9.53 Å². The maximum Gasteiger partial charge on any atom is 0.255 e. The van der Waals surface area contributed by atoms with Crippen molar-refractivity contribution in [3.05, 3.63) is 0 Å². The first-order valence-corrected chi connectivity index (χ1v) is 6.54. The van der Waals surface area contributed by atoms with Crippen LogP contribution in [-0.4, -0.2) is 21.5 Å².